The van der Waals surface area contributed by atoms with Crippen LogP contribution in [0, 0.1) is 18.7 Å². The molecule has 0 fully saturated rings. The second kappa shape index (κ2) is 10.6. The van der Waals surface area contributed by atoms with Crippen molar-refractivity contribution >= 4 is 17.6 Å². The molecule has 0 aromatic heterocycles. The molecule has 1 N–H and O–H groups in total. The highest BCUT2D eigenvalue weighted by atomic mass is 19.1. The minimum absolute atomic E-state index is 0.0829. The highest BCUT2D eigenvalue weighted by molar-refractivity contribution is 6.06. The van der Waals surface area contributed by atoms with Crippen molar-refractivity contribution in [2.24, 2.45) is 15.9 Å². The van der Waals surface area contributed by atoms with E-state index in [1.807, 2.05) is 44.5 Å². The minimum atomic E-state index is -0.250. The van der Waals surface area contributed by atoms with E-state index in [-0.39, 0.29) is 11.9 Å². The van der Waals surface area contributed by atoms with Crippen molar-refractivity contribution in [3.8, 4) is 16.9 Å². The van der Waals surface area contributed by atoms with Crippen molar-refractivity contribution in [3.05, 3.63) is 59.0 Å². The molecule has 0 aliphatic carbocycles. The third-order valence-corrected chi connectivity index (χ3v) is 5.66. The van der Waals surface area contributed by atoms with Gasteiger partial charge in [0, 0.05) is 41.8 Å². The number of nitrogens with zero attached hydrogens (tertiary/aromatic N) is 2. The molecule has 5 heteroatoms. The first-order valence-electron chi connectivity index (χ1n) is 11.3. The third-order valence-electron chi connectivity index (χ3n) is 5.66. The number of halogens is 1. The number of aryl methyl sites for hydroxylation is 1. The fourth-order valence-electron chi connectivity index (χ4n) is 3.79. The predicted molar refractivity (Wildman–Crippen MR) is 134 cm³/mol. The van der Waals surface area contributed by atoms with Gasteiger partial charge in [-0.3, -0.25) is 9.98 Å². The Morgan fingerprint density at radius 2 is 2.00 bits per heavy atom. The van der Waals surface area contributed by atoms with Crippen molar-refractivity contribution in [2.45, 2.75) is 53.5 Å². The fraction of sp³-hybridized carbons (Fsp3) is 0.407. The maximum absolute atomic E-state index is 14.7. The largest absolute Gasteiger partial charge is 0.495 e. The Bertz CT molecular complexity index is 1050. The van der Waals surface area contributed by atoms with Crippen molar-refractivity contribution in [1.29, 1.82) is 0 Å². The lowest BCUT2D eigenvalue weighted by Gasteiger charge is -2.24. The first-order valence-corrected chi connectivity index (χ1v) is 11.3. The molecule has 0 saturated carbocycles. The van der Waals surface area contributed by atoms with Crippen LogP contribution in [-0.4, -0.2) is 31.6 Å². The number of ether oxygens (including phenoxy) is 1. The highest BCUT2D eigenvalue weighted by Gasteiger charge is 2.20. The molecule has 1 atom stereocenters. The number of benzene rings is 2. The van der Waals surface area contributed by atoms with Crippen LogP contribution in [0.4, 0.5) is 10.1 Å². The topological polar surface area (TPSA) is 46.0 Å². The monoisotopic (exact) mass is 435 g/mol. The van der Waals surface area contributed by atoms with Crippen molar-refractivity contribution < 1.29 is 9.13 Å². The molecule has 0 amide bonds. The number of aliphatic imine (C=N–C) groups is 2. The van der Waals surface area contributed by atoms with E-state index in [0.717, 1.165) is 47.5 Å². The number of nitrogens with one attached hydrogen (secondary N) is 1. The summed E-state index contributed by atoms with van der Waals surface area (Å²) in [6, 6.07) is 9.17. The lowest BCUT2D eigenvalue weighted by atomic mass is 9.96. The van der Waals surface area contributed by atoms with Gasteiger partial charge >= 0.3 is 0 Å². The predicted octanol–water partition coefficient (Wildman–Crippen LogP) is 6.82. The number of hydrogen-bond donors (Lipinski definition) is 1. The summed E-state index contributed by atoms with van der Waals surface area (Å²) in [6.07, 6.45) is 5.80. The van der Waals surface area contributed by atoms with Gasteiger partial charge in [-0.25, -0.2) is 4.39 Å². The quantitative estimate of drug-likeness (QED) is 0.462. The van der Waals surface area contributed by atoms with Gasteiger partial charge in [0.15, 0.2) is 0 Å². The van der Waals surface area contributed by atoms with Crippen LogP contribution < -0.4 is 10.1 Å². The van der Waals surface area contributed by atoms with Gasteiger partial charge in [-0.05, 0) is 74.9 Å². The molecule has 0 bridgehead atoms. The molecule has 2 aromatic rings. The van der Waals surface area contributed by atoms with Crippen molar-refractivity contribution in [3.63, 3.8) is 0 Å². The Hall–Kier alpha value is -2.95. The first kappa shape index (κ1) is 23.7. The summed E-state index contributed by atoms with van der Waals surface area (Å²) in [5, 5.41) is 3.63. The fourth-order valence-corrected chi connectivity index (χ4v) is 3.79. The van der Waals surface area contributed by atoms with Crippen LogP contribution in [0.1, 0.15) is 51.7 Å². The molecule has 1 heterocycles. The molecular weight excluding hydrogens is 401 g/mol. The Kier molecular flexibility index (Phi) is 7.84. The van der Waals surface area contributed by atoms with Crippen molar-refractivity contribution in [1.82, 2.24) is 0 Å². The number of anilines is 1. The van der Waals surface area contributed by atoms with E-state index in [4.69, 9.17) is 9.73 Å². The summed E-state index contributed by atoms with van der Waals surface area (Å²) in [5.74, 6) is 0.869. The maximum atomic E-state index is 14.7. The van der Waals surface area contributed by atoms with Crippen LogP contribution in [0.2, 0.25) is 0 Å². The van der Waals surface area contributed by atoms with Crippen LogP contribution >= 0.6 is 0 Å². The van der Waals surface area contributed by atoms with Gasteiger partial charge in [-0.15, -0.1) is 0 Å². The number of methoxy groups -OCH3 is 1. The second-order valence-corrected chi connectivity index (χ2v) is 8.84. The molecular formula is C27H34FN3O. The summed E-state index contributed by atoms with van der Waals surface area (Å²) in [4.78, 5) is 9.13. The summed E-state index contributed by atoms with van der Waals surface area (Å²) < 4.78 is 20.5. The van der Waals surface area contributed by atoms with E-state index in [2.05, 4.69) is 31.1 Å². The standard InChI is InChI=1S/C27H34FN3O/c1-17(2)15-30-20(5)23-13-22(24-12-18(3)9-10-25(24)28)14-26(32-6)27(23)31-19(4)21-8-7-11-29-16-21/h9-14,16-17,19,31H,7-8,15H2,1-6H3. The maximum Gasteiger partial charge on any atom is 0.143 e. The number of rotatable bonds is 8. The Morgan fingerprint density at radius 1 is 1.22 bits per heavy atom. The van der Waals surface area contributed by atoms with Crippen LogP contribution in [0.3, 0.4) is 0 Å². The summed E-state index contributed by atoms with van der Waals surface area (Å²) in [5.41, 5.74) is 6.28. The van der Waals surface area contributed by atoms with Gasteiger partial charge in [0.2, 0.25) is 0 Å². The van der Waals surface area contributed by atoms with Gasteiger partial charge in [-0.2, -0.15) is 0 Å². The Balaban J connectivity index is 2.13. The van der Waals surface area contributed by atoms with E-state index in [9.17, 15) is 4.39 Å². The molecule has 0 saturated heterocycles. The molecule has 1 unspecified atom stereocenters. The summed E-state index contributed by atoms with van der Waals surface area (Å²) in [7, 11) is 1.65. The van der Waals surface area contributed by atoms with Crippen LogP contribution in [0.15, 0.2) is 52.1 Å². The Morgan fingerprint density at radius 3 is 2.66 bits per heavy atom. The Labute approximate surface area is 191 Å². The van der Waals surface area contributed by atoms with Crippen LogP contribution in [0.5, 0.6) is 5.75 Å². The SMILES string of the molecule is COc1cc(-c2cc(C)ccc2F)cc(C(C)=NCC(C)C)c1NC(C)C1=CN=CCC1. The molecule has 3 rings (SSSR count). The number of hydrogen-bond acceptors (Lipinski definition) is 4. The van der Waals surface area contributed by atoms with Gasteiger partial charge < -0.3 is 10.1 Å². The average molecular weight is 436 g/mol. The lowest BCUT2D eigenvalue weighted by molar-refractivity contribution is 0.416. The molecule has 32 heavy (non-hydrogen) atoms. The zero-order chi connectivity index (χ0) is 23.3. The van der Waals surface area contributed by atoms with Gasteiger partial charge in [0.25, 0.3) is 0 Å². The van der Waals surface area contributed by atoms with E-state index in [1.54, 1.807) is 13.2 Å². The van der Waals surface area contributed by atoms with Gasteiger partial charge in [0.05, 0.1) is 12.8 Å². The molecule has 0 radical (unpaired) electrons. The van der Waals surface area contributed by atoms with E-state index < -0.39 is 0 Å². The molecule has 4 nitrogen and oxygen atoms in total. The zero-order valence-corrected chi connectivity index (χ0v) is 20.0. The second-order valence-electron chi connectivity index (χ2n) is 8.84. The summed E-state index contributed by atoms with van der Waals surface area (Å²) >= 11 is 0. The van der Waals surface area contributed by atoms with Gasteiger partial charge in [0.1, 0.15) is 11.6 Å². The summed E-state index contributed by atoms with van der Waals surface area (Å²) in [6.45, 7) is 11.1. The smallest absolute Gasteiger partial charge is 0.143 e. The van der Waals surface area contributed by atoms with E-state index in [0.29, 0.717) is 17.2 Å². The van der Waals surface area contributed by atoms with E-state index >= 15 is 0 Å². The average Bonchev–Trinajstić information content (AvgIpc) is 2.79. The third kappa shape index (κ3) is 5.64. The van der Waals surface area contributed by atoms with Crippen molar-refractivity contribution in [2.75, 3.05) is 19.0 Å². The van der Waals surface area contributed by atoms with Crippen LogP contribution in [-0.2, 0) is 0 Å². The first-order chi connectivity index (χ1) is 15.3. The molecule has 1 aliphatic rings. The van der Waals surface area contributed by atoms with E-state index in [1.165, 1.54) is 11.6 Å². The zero-order valence-electron chi connectivity index (χ0n) is 20.0. The molecule has 0 spiro atoms. The lowest BCUT2D eigenvalue weighted by Crippen LogP contribution is -2.21. The minimum Gasteiger partial charge on any atom is -0.495 e. The molecule has 170 valence electrons. The normalized spacial score (nSPS) is 15.0. The molecule has 1 aliphatic heterocycles. The van der Waals surface area contributed by atoms with Crippen LogP contribution in [0.25, 0.3) is 11.1 Å². The highest BCUT2D eigenvalue weighted by Crippen LogP contribution is 2.37. The molecule has 2 aromatic carbocycles. The van der Waals surface area contributed by atoms with Gasteiger partial charge in [-0.1, -0.05) is 25.5 Å².